The van der Waals surface area contributed by atoms with Crippen LogP contribution in [0.2, 0.25) is 5.02 Å². The lowest BCUT2D eigenvalue weighted by Crippen LogP contribution is -2.52. The van der Waals surface area contributed by atoms with E-state index in [2.05, 4.69) is 21.2 Å². The van der Waals surface area contributed by atoms with Gasteiger partial charge in [-0.05, 0) is 34.1 Å². The predicted molar refractivity (Wildman–Crippen MR) is 101 cm³/mol. The van der Waals surface area contributed by atoms with Gasteiger partial charge in [-0.2, -0.15) is 0 Å². The Labute approximate surface area is 172 Å². The van der Waals surface area contributed by atoms with Gasteiger partial charge >= 0.3 is 14.3 Å². The second kappa shape index (κ2) is 9.40. The second-order valence-electron chi connectivity index (χ2n) is 4.34. The number of halogens is 6. The van der Waals surface area contributed by atoms with E-state index in [0.717, 1.165) is 4.90 Å². The van der Waals surface area contributed by atoms with E-state index in [4.69, 9.17) is 67.4 Å². The van der Waals surface area contributed by atoms with Crippen LogP contribution in [-0.4, -0.2) is 38.3 Å². The first-order valence-electron chi connectivity index (χ1n) is 5.94. The summed E-state index contributed by atoms with van der Waals surface area (Å²) in [5, 5.41) is 2.86. The second-order valence-corrected chi connectivity index (χ2v) is 8.83. The molecule has 6 nitrogen and oxygen atoms in total. The standard InChI is InChI=1S/C11H9BrCl5N2O4P/c1-19(9(23-24(21)22)11(16,17)8(14)15)10(20)18-5-2-3-6(12)7(13)4-5/h2-4,8-9H,1H3,(H-,18,20,21,22)/p+1. The molecule has 134 valence electrons. The number of hydrogen-bond acceptors (Lipinski definition) is 3. The molecule has 0 bridgehead atoms. The molecule has 1 aromatic rings. The lowest BCUT2D eigenvalue weighted by molar-refractivity contribution is 0.0594. The van der Waals surface area contributed by atoms with Crippen molar-refractivity contribution in [2.75, 3.05) is 12.4 Å². The molecular weight excluding hydrogens is 512 g/mol. The van der Waals surface area contributed by atoms with Gasteiger partial charge in [-0.1, -0.05) is 39.3 Å². The van der Waals surface area contributed by atoms with Crippen LogP contribution < -0.4 is 5.32 Å². The van der Waals surface area contributed by atoms with E-state index in [9.17, 15) is 9.36 Å². The van der Waals surface area contributed by atoms with Gasteiger partial charge in [-0.25, -0.2) is 4.79 Å². The first-order valence-corrected chi connectivity index (χ1v) is 9.87. The van der Waals surface area contributed by atoms with Crippen LogP contribution in [0.3, 0.4) is 0 Å². The van der Waals surface area contributed by atoms with E-state index < -0.39 is 29.7 Å². The van der Waals surface area contributed by atoms with Gasteiger partial charge in [0.05, 0.1) is 5.02 Å². The van der Waals surface area contributed by atoms with E-state index in [0.29, 0.717) is 15.2 Å². The fourth-order valence-electron chi connectivity index (χ4n) is 1.48. The van der Waals surface area contributed by atoms with Gasteiger partial charge in [-0.3, -0.25) is 4.90 Å². The molecule has 0 heterocycles. The van der Waals surface area contributed by atoms with Gasteiger partial charge in [0.25, 0.3) is 0 Å². The van der Waals surface area contributed by atoms with Crippen molar-refractivity contribution in [2.24, 2.45) is 0 Å². The van der Waals surface area contributed by atoms with Crippen molar-refractivity contribution in [3.8, 4) is 0 Å². The number of carbonyl (C=O) groups is 1. The molecule has 2 atom stereocenters. The van der Waals surface area contributed by atoms with Crippen LogP contribution in [-0.2, 0) is 9.09 Å². The van der Waals surface area contributed by atoms with Crippen molar-refractivity contribution in [1.82, 2.24) is 4.90 Å². The number of carbonyl (C=O) groups excluding carboxylic acids is 1. The van der Waals surface area contributed by atoms with Gasteiger partial charge in [-0.15, -0.1) is 28.1 Å². The van der Waals surface area contributed by atoms with Gasteiger partial charge in [0.15, 0.2) is 4.33 Å². The molecule has 0 aliphatic heterocycles. The molecule has 0 saturated heterocycles. The van der Waals surface area contributed by atoms with Crippen LogP contribution in [0, 0.1) is 0 Å². The highest BCUT2D eigenvalue weighted by atomic mass is 79.9. The monoisotopic (exact) mass is 519 g/mol. The third kappa shape index (κ3) is 6.01. The van der Waals surface area contributed by atoms with Crippen LogP contribution in [0.15, 0.2) is 22.7 Å². The van der Waals surface area contributed by atoms with E-state index in [1.54, 1.807) is 12.1 Å². The van der Waals surface area contributed by atoms with Crippen molar-refractivity contribution in [1.29, 1.82) is 0 Å². The highest BCUT2D eigenvalue weighted by molar-refractivity contribution is 9.10. The highest BCUT2D eigenvalue weighted by Crippen LogP contribution is 2.41. The number of rotatable bonds is 6. The molecule has 0 fully saturated rings. The molecule has 0 spiro atoms. The van der Waals surface area contributed by atoms with Gasteiger partial charge in [0.1, 0.15) is 4.84 Å². The van der Waals surface area contributed by atoms with Crippen LogP contribution in [0.25, 0.3) is 0 Å². The summed E-state index contributed by atoms with van der Waals surface area (Å²) in [6.07, 6.45) is -1.61. The summed E-state index contributed by atoms with van der Waals surface area (Å²) in [5.74, 6) is 0. The zero-order valence-electron chi connectivity index (χ0n) is 11.7. The Morgan fingerprint density at radius 1 is 1.46 bits per heavy atom. The fraction of sp³-hybridized carbons (Fsp3) is 0.364. The molecule has 2 N–H and O–H groups in total. The van der Waals surface area contributed by atoms with Crippen LogP contribution in [0.5, 0.6) is 0 Å². The van der Waals surface area contributed by atoms with Crippen molar-refractivity contribution < 1.29 is 18.8 Å². The number of amides is 2. The summed E-state index contributed by atoms with van der Waals surface area (Å²) in [6.45, 7) is 0. The highest BCUT2D eigenvalue weighted by Gasteiger charge is 2.50. The van der Waals surface area contributed by atoms with Crippen molar-refractivity contribution in [3.05, 3.63) is 27.7 Å². The maximum absolute atomic E-state index is 12.3. The Morgan fingerprint density at radius 3 is 2.50 bits per heavy atom. The van der Waals surface area contributed by atoms with E-state index >= 15 is 0 Å². The van der Waals surface area contributed by atoms with Crippen LogP contribution >= 0.6 is 82.2 Å². The van der Waals surface area contributed by atoms with E-state index in [1.165, 1.54) is 13.1 Å². The quantitative estimate of drug-likeness (QED) is 0.292. The van der Waals surface area contributed by atoms with Crippen molar-refractivity contribution >= 4 is 93.9 Å². The van der Waals surface area contributed by atoms with Crippen LogP contribution in [0.1, 0.15) is 0 Å². The number of hydrogen-bond donors (Lipinski definition) is 2. The summed E-state index contributed by atoms with van der Waals surface area (Å²) >= 11 is 32.4. The van der Waals surface area contributed by atoms with Gasteiger partial charge in [0, 0.05) is 21.8 Å². The number of nitrogens with one attached hydrogen (secondary N) is 1. The largest absolute Gasteiger partial charge is 0.697 e. The fourth-order valence-corrected chi connectivity index (χ4v) is 3.11. The maximum atomic E-state index is 12.3. The summed E-state index contributed by atoms with van der Waals surface area (Å²) in [7, 11) is -1.91. The molecule has 0 aliphatic rings. The maximum Gasteiger partial charge on any atom is 0.697 e. The third-order valence-corrected chi connectivity index (χ3v) is 6.21. The average Bonchev–Trinajstić information content (AvgIpc) is 2.47. The molecule has 0 aliphatic carbocycles. The minimum absolute atomic E-state index is 0.357. The van der Waals surface area contributed by atoms with Crippen LogP contribution in [0.4, 0.5) is 10.5 Å². The Kier molecular flexibility index (Phi) is 8.80. The Balaban J connectivity index is 3.00. The lowest BCUT2D eigenvalue weighted by Gasteiger charge is -2.32. The normalized spacial score (nSPS) is 13.6. The van der Waals surface area contributed by atoms with Crippen molar-refractivity contribution in [3.63, 3.8) is 0 Å². The summed E-state index contributed by atoms with van der Waals surface area (Å²) < 4.78 is 14.3. The SMILES string of the molecule is CN(C(=O)Nc1ccc(Br)c(Cl)c1)C(O[P+](=O)O)C(Cl)(Cl)C(Cl)Cl. The first-order chi connectivity index (χ1) is 11.0. The predicted octanol–water partition coefficient (Wildman–Crippen LogP) is 5.54. The Hall–Kier alpha value is 0.440. The first kappa shape index (κ1) is 22.5. The Bertz CT molecular complexity index is 636. The molecular formula is C11H10BrCl5N2O4P+. The molecule has 13 heteroatoms. The molecule has 1 aromatic carbocycles. The molecule has 2 amide bonds. The minimum Gasteiger partial charge on any atom is -0.308 e. The number of alkyl halides is 4. The zero-order chi connectivity index (χ0) is 18.7. The Morgan fingerprint density at radius 2 is 2.04 bits per heavy atom. The summed E-state index contributed by atoms with van der Waals surface area (Å²) in [4.78, 5) is 20.7. The summed E-state index contributed by atoms with van der Waals surface area (Å²) in [5.41, 5.74) is 0.357. The number of anilines is 1. The number of urea groups is 1. The van der Waals surface area contributed by atoms with Gasteiger partial charge in [0.2, 0.25) is 6.23 Å². The smallest absolute Gasteiger partial charge is 0.308 e. The number of nitrogens with zero attached hydrogens (tertiary/aromatic N) is 1. The topological polar surface area (TPSA) is 78.9 Å². The zero-order valence-corrected chi connectivity index (χ0v) is 18.0. The summed E-state index contributed by atoms with van der Waals surface area (Å²) in [6, 6.07) is 3.93. The molecule has 0 radical (unpaired) electrons. The van der Waals surface area contributed by atoms with E-state index in [1.807, 2.05) is 0 Å². The third-order valence-electron chi connectivity index (χ3n) is 2.65. The molecule has 2 unspecified atom stereocenters. The molecule has 0 saturated carbocycles. The molecule has 0 aromatic heterocycles. The molecule has 24 heavy (non-hydrogen) atoms. The average molecular weight is 522 g/mol. The van der Waals surface area contributed by atoms with Gasteiger partial charge < -0.3 is 5.32 Å². The van der Waals surface area contributed by atoms with Crippen molar-refractivity contribution in [2.45, 2.75) is 15.4 Å². The molecule has 1 rings (SSSR count). The number of benzene rings is 1. The lowest BCUT2D eigenvalue weighted by atomic mass is 10.3. The minimum atomic E-state index is -3.14. The van der Waals surface area contributed by atoms with E-state index in [-0.39, 0.29) is 0 Å².